The molecule has 0 saturated carbocycles. The third kappa shape index (κ3) is 1.72. The molecule has 2 amide bonds. The molecule has 1 unspecified atom stereocenters. The standard InChI is InChI=1S/C9H13NO2/c1-3-4-8(11)10-6-7(2)5-9(10)12/h3-4,7H,5-6H2,1-2H3. The Labute approximate surface area is 72.0 Å². The van der Waals surface area contributed by atoms with E-state index in [1.54, 1.807) is 13.0 Å². The van der Waals surface area contributed by atoms with Crippen LogP contribution in [0.1, 0.15) is 20.3 Å². The Morgan fingerprint density at radius 2 is 2.33 bits per heavy atom. The zero-order valence-electron chi connectivity index (χ0n) is 7.41. The number of nitrogens with zero attached hydrogens (tertiary/aromatic N) is 1. The molecule has 1 atom stereocenters. The van der Waals surface area contributed by atoms with Gasteiger partial charge in [-0.25, -0.2) is 0 Å². The maximum absolute atomic E-state index is 11.2. The van der Waals surface area contributed by atoms with E-state index in [0.29, 0.717) is 18.9 Å². The fourth-order valence-electron chi connectivity index (χ4n) is 1.33. The second-order valence-corrected chi connectivity index (χ2v) is 3.15. The second-order valence-electron chi connectivity index (χ2n) is 3.15. The van der Waals surface area contributed by atoms with Crippen LogP contribution in [0.4, 0.5) is 0 Å². The molecular formula is C9H13NO2. The molecule has 0 spiro atoms. The molecule has 0 aromatic rings. The first-order chi connectivity index (χ1) is 5.65. The summed E-state index contributed by atoms with van der Waals surface area (Å²) in [5, 5.41) is 0. The molecular weight excluding hydrogens is 154 g/mol. The van der Waals surface area contributed by atoms with E-state index in [9.17, 15) is 9.59 Å². The van der Waals surface area contributed by atoms with Gasteiger partial charge in [0.2, 0.25) is 5.91 Å². The predicted molar refractivity (Wildman–Crippen MR) is 45.3 cm³/mol. The van der Waals surface area contributed by atoms with Crippen molar-refractivity contribution in [3.8, 4) is 0 Å². The summed E-state index contributed by atoms with van der Waals surface area (Å²) < 4.78 is 0. The molecule has 0 aromatic carbocycles. The second kappa shape index (κ2) is 3.52. The van der Waals surface area contributed by atoms with E-state index in [1.807, 2.05) is 6.92 Å². The van der Waals surface area contributed by atoms with Crippen LogP contribution in [0.2, 0.25) is 0 Å². The molecule has 1 saturated heterocycles. The third-order valence-corrected chi connectivity index (χ3v) is 1.89. The Morgan fingerprint density at radius 1 is 1.67 bits per heavy atom. The van der Waals surface area contributed by atoms with Crippen LogP contribution >= 0.6 is 0 Å². The quantitative estimate of drug-likeness (QED) is 0.545. The highest BCUT2D eigenvalue weighted by molar-refractivity contribution is 6.02. The van der Waals surface area contributed by atoms with E-state index in [0.717, 1.165) is 0 Å². The van der Waals surface area contributed by atoms with E-state index in [2.05, 4.69) is 0 Å². The van der Waals surface area contributed by atoms with Crippen molar-refractivity contribution >= 4 is 11.8 Å². The summed E-state index contributed by atoms with van der Waals surface area (Å²) in [5.74, 6) is 0.0733. The van der Waals surface area contributed by atoms with Crippen molar-refractivity contribution in [3.05, 3.63) is 12.2 Å². The fraction of sp³-hybridized carbons (Fsp3) is 0.556. The molecule has 3 heteroatoms. The van der Waals surface area contributed by atoms with Gasteiger partial charge in [-0.2, -0.15) is 0 Å². The SMILES string of the molecule is CC=CC(=O)N1CC(C)CC1=O. The maximum atomic E-state index is 11.2. The smallest absolute Gasteiger partial charge is 0.252 e. The van der Waals surface area contributed by atoms with Crippen molar-refractivity contribution in [2.75, 3.05) is 6.54 Å². The van der Waals surface area contributed by atoms with Crippen molar-refractivity contribution in [2.24, 2.45) is 5.92 Å². The van der Waals surface area contributed by atoms with Gasteiger partial charge in [-0.05, 0) is 18.9 Å². The minimum Gasteiger partial charge on any atom is -0.279 e. The summed E-state index contributed by atoms with van der Waals surface area (Å²) in [6.45, 7) is 4.31. The zero-order valence-corrected chi connectivity index (χ0v) is 7.41. The van der Waals surface area contributed by atoms with E-state index >= 15 is 0 Å². The van der Waals surface area contributed by atoms with Gasteiger partial charge in [0.15, 0.2) is 0 Å². The van der Waals surface area contributed by atoms with E-state index < -0.39 is 0 Å². The molecule has 0 N–H and O–H groups in total. The first-order valence-electron chi connectivity index (χ1n) is 4.12. The number of carbonyl (C=O) groups excluding carboxylic acids is 2. The van der Waals surface area contributed by atoms with Crippen molar-refractivity contribution in [1.82, 2.24) is 4.90 Å². The van der Waals surface area contributed by atoms with E-state index in [-0.39, 0.29) is 11.8 Å². The number of hydrogen-bond donors (Lipinski definition) is 0. The first kappa shape index (κ1) is 8.97. The van der Waals surface area contributed by atoms with Crippen LogP contribution in [0.3, 0.4) is 0 Å². The van der Waals surface area contributed by atoms with Gasteiger partial charge >= 0.3 is 0 Å². The maximum Gasteiger partial charge on any atom is 0.252 e. The highest BCUT2D eigenvalue weighted by Gasteiger charge is 2.29. The Kier molecular flexibility index (Phi) is 2.63. The lowest BCUT2D eigenvalue weighted by Crippen LogP contribution is -2.30. The molecule has 3 nitrogen and oxygen atoms in total. The average molecular weight is 167 g/mol. The molecule has 66 valence electrons. The summed E-state index contributed by atoms with van der Waals surface area (Å²) in [5.41, 5.74) is 0. The van der Waals surface area contributed by atoms with Crippen molar-refractivity contribution < 1.29 is 9.59 Å². The van der Waals surface area contributed by atoms with Gasteiger partial charge < -0.3 is 0 Å². The van der Waals surface area contributed by atoms with Gasteiger partial charge in [-0.3, -0.25) is 14.5 Å². The molecule has 1 aliphatic rings. The lowest BCUT2D eigenvalue weighted by molar-refractivity contribution is -0.138. The molecule has 0 radical (unpaired) electrons. The summed E-state index contributed by atoms with van der Waals surface area (Å²) in [4.78, 5) is 23.7. The molecule has 1 fully saturated rings. The molecule has 12 heavy (non-hydrogen) atoms. The van der Waals surface area contributed by atoms with Gasteiger partial charge in [0.05, 0.1) is 0 Å². The van der Waals surface area contributed by atoms with Gasteiger partial charge in [-0.15, -0.1) is 0 Å². The van der Waals surface area contributed by atoms with Crippen molar-refractivity contribution in [3.63, 3.8) is 0 Å². The van der Waals surface area contributed by atoms with Crippen molar-refractivity contribution in [2.45, 2.75) is 20.3 Å². The van der Waals surface area contributed by atoms with Crippen LogP contribution in [0.25, 0.3) is 0 Å². The van der Waals surface area contributed by atoms with Crippen LogP contribution < -0.4 is 0 Å². The van der Waals surface area contributed by atoms with Crippen LogP contribution in [-0.4, -0.2) is 23.3 Å². The summed E-state index contributed by atoms with van der Waals surface area (Å²) in [7, 11) is 0. The summed E-state index contributed by atoms with van der Waals surface area (Å²) in [6, 6.07) is 0. The number of rotatable bonds is 1. The first-order valence-corrected chi connectivity index (χ1v) is 4.12. The lowest BCUT2D eigenvalue weighted by Gasteiger charge is -2.10. The third-order valence-electron chi connectivity index (χ3n) is 1.89. The van der Waals surface area contributed by atoms with Gasteiger partial charge in [0, 0.05) is 13.0 Å². The van der Waals surface area contributed by atoms with E-state index in [4.69, 9.17) is 0 Å². The number of carbonyl (C=O) groups is 2. The van der Waals surface area contributed by atoms with Gasteiger partial charge in [0.25, 0.3) is 5.91 Å². The van der Waals surface area contributed by atoms with Crippen LogP contribution in [-0.2, 0) is 9.59 Å². The number of amides is 2. The van der Waals surface area contributed by atoms with Crippen molar-refractivity contribution in [1.29, 1.82) is 0 Å². The van der Waals surface area contributed by atoms with Gasteiger partial charge in [0.1, 0.15) is 0 Å². The molecule has 0 aromatic heterocycles. The van der Waals surface area contributed by atoms with Gasteiger partial charge in [-0.1, -0.05) is 13.0 Å². The summed E-state index contributed by atoms with van der Waals surface area (Å²) >= 11 is 0. The fourth-order valence-corrected chi connectivity index (χ4v) is 1.33. The molecule has 1 rings (SSSR count). The highest BCUT2D eigenvalue weighted by Crippen LogP contribution is 2.16. The predicted octanol–water partition coefficient (Wildman–Crippen LogP) is 0.958. The monoisotopic (exact) mass is 167 g/mol. The van der Waals surface area contributed by atoms with Crippen LogP contribution in [0.5, 0.6) is 0 Å². The molecule has 1 heterocycles. The lowest BCUT2D eigenvalue weighted by atomic mass is 10.2. The Hall–Kier alpha value is -1.12. The topological polar surface area (TPSA) is 37.4 Å². The highest BCUT2D eigenvalue weighted by atomic mass is 16.2. The Morgan fingerprint density at radius 3 is 2.75 bits per heavy atom. The number of likely N-dealkylation sites (tertiary alicyclic amines) is 1. The molecule has 1 aliphatic heterocycles. The average Bonchev–Trinajstić information content (AvgIpc) is 2.30. The normalized spacial score (nSPS) is 24.0. The largest absolute Gasteiger partial charge is 0.279 e. The Balaban J connectivity index is 2.64. The molecule has 0 aliphatic carbocycles. The van der Waals surface area contributed by atoms with E-state index in [1.165, 1.54) is 11.0 Å². The zero-order chi connectivity index (χ0) is 9.14. The minimum absolute atomic E-state index is 0.0504. The van der Waals surface area contributed by atoms with Crippen LogP contribution in [0, 0.1) is 5.92 Å². The number of hydrogen-bond acceptors (Lipinski definition) is 2. The Bertz CT molecular complexity index is 233. The molecule has 0 bridgehead atoms. The minimum atomic E-state index is -0.188. The number of imide groups is 1. The van der Waals surface area contributed by atoms with Crippen LogP contribution in [0.15, 0.2) is 12.2 Å². The number of allylic oxidation sites excluding steroid dienone is 1. The summed E-state index contributed by atoms with van der Waals surface area (Å²) in [6.07, 6.45) is 3.58.